The molecule has 1 aromatic heterocycles. The van der Waals surface area contributed by atoms with Gasteiger partial charge in [-0.3, -0.25) is 4.72 Å². The molecule has 0 amide bonds. The average molecular weight is 406 g/mol. The Kier molecular flexibility index (Phi) is 4.27. The van der Waals surface area contributed by atoms with Crippen LogP contribution in [0.3, 0.4) is 0 Å². The third kappa shape index (κ3) is 3.34. The van der Waals surface area contributed by atoms with Gasteiger partial charge in [-0.25, -0.2) is 13.4 Å². The second-order valence-electron chi connectivity index (χ2n) is 3.85. The summed E-state index contributed by atoms with van der Waals surface area (Å²) in [5.41, 5.74) is 0.669. The number of pyridine rings is 1. The standard InChI is InChI=1S/C12H10Br2N2O2S/c1-8-4-5-9(13)7-11(8)19(17,18)16-12-10(14)3-2-6-15-12/h2-7H,1H3,(H,15,16). The molecule has 2 aromatic rings. The van der Waals surface area contributed by atoms with Crippen LogP contribution in [-0.4, -0.2) is 13.4 Å². The van der Waals surface area contributed by atoms with Crippen molar-refractivity contribution in [3.8, 4) is 0 Å². The van der Waals surface area contributed by atoms with E-state index in [0.29, 0.717) is 14.5 Å². The quantitative estimate of drug-likeness (QED) is 0.846. The van der Waals surface area contributed by atoms with E-state index in [9.17, 15) is 8.42 Å². The molecule has 100 valence electrons. The summed E-state index contributed by atoms with van der Waals surface area (Å²) < 4.78 is 28.4. The summed E-state index contributed by atoms with van der Waals surface area (Å²) in [5, 5.41) is 0. The minimum atomic E-state index is -3.66. The maximum atomic E-state index is 12.3. The predicted octanol–water partition coefficient (Wildman–Crippen LogP) is 3.72. The second kappa shape index (κ2) is 5.60. The SMILES string of the molecule is Cc1ccc(Br)cc1S(=O)(=O)Nc1ncccc1Br. The minimum absolute atomic E-state index is 0.222. The Morgan fingerprint density at radius 2 is 1.95 bits per heavy atom. The largest absolute Gasteiger partial charge is 0.263 e. The maximum absolute atomic E-state index is 12.3. The predicted molar refractivity (Wildman–Crippen MR) is 81.6 cm³/mol. The lowest BCUT2D eigenvalue weighted by Gasteiger charge is -2.11. The molecule has 1 aromatic carbocycles. The van der Waals surface area contributed by atoms with Crippen LogP contribution in [0.1, 0.15) is 5.56 Å². The van der Waals surface area contributed by atoms with E-state index < -0.39 is 10.0 Å². The van der Waals surface area contributed by atoms with Crippen molar-refractivity contribution in [1.29, 1.82) is 0 Å². The summed E-state index contributed by atoms with van der Waals surface area (Å²) in [4.78, 5) is 4.21. The Bertz CT molecular complexity index is 717. The Labute approximate surface area is 128 Å². The average Bonchev–Trinajstić information content (AvgIpc) is 2.35. The molecular formula is C12H10Br2N2O2S. The fourth-order valence-electron chi connectivity index (χ4n) is 1.51. The van der Waals surface area contributed by atoms with Crippen LogP contribution in [0.25, 0.3) is 0 Å². The second-order valence-corrected chi connectivity index (χ2v) is 7.27. The Hall–Kier alpha value is -0.920. The van der Waals surface area contributed by atoms with E-state index in [0.717, 1.165) is 0 Å². The van der Waals surface area contributed by atoms with E-state index in [-0.39, 0.29) is 10.7 Å². The molecule has 2 rings (SSSR count). The van der Waals surface area contributed by atoms with Gasteiger partial charge in [0.05, 0.1) is 9.37 Å². The smallest absolute Gasteiger partial charge is 0.262 e. The minimum Gasteiger partial charge on any atom is -0.262 e. The lowest BCUT2D eigenvalue weighted by atomic mass is 10.2. The number of benzene rings is 1. The van der Waals surface area contributed by atoms with Crippen molar-refractivity contribution in [2.45, 2.75) is 11.8 Å². The van der Waals surface area contributed by atoms with Crippen LogP contribution in [0.2, 0.25) is 0 Å². The number of anilines is 1. The monoisotopic (exact) mass is 404 g/mol. The van der Waals surface area contributed by atoms with Crippen molar-refractivity contribution in [2.75, 3.05) is 4.72 Å². The zero-order valence-electron chi connectivity index (χ0n) is 9.89. The zero-order chi connectivity index (χ0) is 14.0. The molecular weight excluding hydrogens is 396 g/mol. The van der Waals surface area contributed by atoms with E-state index in [1.807, 2.05) is 0 Å². The summed E-state index contributed by atoms with van der Waals surface area (Å²) in [7, 11) is -3.66. The number of hydrogen-bond acceptors (Lipinski definition) is 3. The van der Waals surface area contributed by atoms with Gasteiger partial charge in [-0.1, -0.05) is 22.0 Å². The summed E-state index contributed by atoms with van der Waals surface area (Å²) in [5.74, 6) is 0.266. The first-order valence-electron chi connectivity index (χ1n) is 5.29. The number of nitrogens with zero attached hydrogens (tertiary/aromatic N) is 1. The number of sulfonamides is 1. The fraction of sp³-hybridized carbons (Fsp3) is 0.0833. The molecule has 0 aliphatic heterocycles. The first kappa shape index (κ1) is 14.5. The van der Waals surface area contributed by atoms with Gasteiger partial charge in [-0.15, -0.1) is 0 Å². The van der Waals surface area contributed by atoms with Gasteiger partial charge in [0.2, 0.25) is 0 Å². The van der Waals surface area contributed by atoms with E-state index >= 15 is 0 Å². The summed E-state index contributed by atoms with van der Waals surface area (Å²) in [6, 6.07) is 8.54. The van der Waals surface area contributed by atoms with Gasteiger partial charge in [-0.2, -0.15) is 0 Å². The van der Waals surface area contributed by atoms with E-state index in [4.69, 9.17) is 0 Å². The van der Waals surface area contributed by atoms with Crippen molar-refractivity contribution in [2.24, 2.45) is 0 Å². The molecule has 0 spiro atoms. The number of aromatic nitrogens is 1. The molecule has 0 saturated carbocycles. The highest BCUT2D eigenvalue weighted by Gasteiger charge is 2.18. The first-order valence-corrected chi connectivity index (χ1v) is 8.36. The molecule has 1 heterocycles. The summed E-state index contributed by atoms with van der Waals surface area (Å²) in [6.07, 6.45) is 1.52. The molecule has 0 unspecified atom stereocenters. The zero-order valence-corrected chi connectivity index (χ0v) is 13.9. The van der Waals surface area contributed by atoms with Crippen molar-refractivity contribution in [3.63, 3.8) is 0 Å². The summed E-state index contributed by atoms with van der Waals surface area (Å²) in [6.45, 7) is 1.74. The maximum Gasteiger partial charge on any atom is 0.263 e. The van der Waals surface area contributed by atoms with E-state index in [1.54, 1.807) is 37.3 Å². The number of rotatable bonds is 3. The first-order chi connectivity index (χ1) is 8.90. The van der Waals surface area contributed by atoms with Gasteiger partial charge in [-0.05, 0) is 52.7 Å². The number of nitrogens with one attached hydrogen (secondary N) is 1. The van der Waals surface area contributed by atoms with Gasteiger partial charge in [0.1, 0.15) is 0 Å². The third-order valence-corrected chi connectivity index (χ3v) is 5.04. The normalized spacial score (nSPS) is 11.3. The highest BCUT2D eigenvalue weighted by Crippen LogP contribution is 2.25. The summed E-state index contributed by atoms with van der Waals surface area (Å²) >= 11 is 6.53. The van der Waals surface area contributed by atoms with E-state index in [1.165, 1.54) is 6.20 Å². The van der Waals surface area contributed by atoms with Crippen LogP contribution in [-0.2, 0) is 10.0 Å². The van der Waals surface area contributed by atoms with Gasteiger partial charge >= 0.3 is 0 Å². The lowest BCUT2D eigenvalue weighted by Crippen LogP contribution is -2.15. The molecule has 1 N–H and O–H groups in total. The molecule has 0 atom stereocenters. The highest BCUT2D eigenvalue weighted by atomic mass is 79.9. The van der Waals surface area contributed by atoms with Crippen LogP contribution < -0.4 is 4.72 Å². The number of hydrogen-bond donors (Lipinski definition) is 1. The number of aryl methyl sites for hydroxylation is 1. The van der Waals surface area contributed by atoms with Crippen LogP contribution in [0, 0.1) is 6.92 Å². The molecule has 19 heavy (non-hydrogen) atoms. The van der Waals surface area contributed by atoms with Gasteiger partial charge in [0.25, 0.3) is 10.0 Å². The Morgan fingerprint density at radius 3 is 2.63 bits per heavy atom. The fourth-order valence-corrected chi connectivity index (χ4v) is 3.81. The number of halogens is 2. The molecule has 0 bridgehead atoms. The molecule has 0 fully saturated rings. The molecule has 0 radical (unpaired) electrons. The van der Waals surface area contributed by atoms with Crippen molar-refractivity contribution < 1.29 is 8.42 Å². The van der Waals surface area contributed by atoms with Crippen LogP contribution >= 0.6 is 31.9 Å². The van der Waals surface area contributed by atoms with Gasteiger partial charge < -0.3 is 0 Å². The van der Waals surface area contributed by atoms with Crippen LogP contribution in [0.5, 0.6) is 0 Å². The van der Waals surface area contributed by atoms with E-state index in [2.05, 4.69) is 41.6 Å². The Balaban J connectivity index is 2.44. The molecule has 7 heteroatoms. The molecule has 4 nitrogen and oxygen atoms in total. The van der Waals surface area contributed by atoms with Gasteiger partial charge in [0, 0.05) is 10.7 Å². The lowest BCUT2D eigenvalue weighted by molar-refractivity contribution is 0.600. The molecule has 0 aliphatic carbocycles. The Morgan fingerprint density at radius 1 is 1.21 bits per heavy atom. The molecule has 0 saturated heterocycles. The third-order valence-electron chi connectivity index (χ3n) is 2.43. The highest BCUT2D eigenvalue weighted by molar-refractivity contribution is 9.10. The van der Waals surface area contributed by atoms with Crippen molar-refractivity contribution >= 4 is 47.7 Å². The topological polar surface area (TPSA) is 59.1 Å². The van der Waals surface area contributed by atoms with Crippen LogP contribution in [0.4, 0.5) is 5.82 Å². The van der Waals surface area contributed by atoms with Crippen molar-refractivity contribution in [1.82, 2.24) is 4.98 Å². The molecule has 0 aliphatic rings. The van der Waals surface area contributed by atoms with Crippen molar-refractivity contribution in [3.05, 3.63) is 51.0 Å². The van der Waals surface area contributed by atoms with Crippen LogP contribution in [0.15, 0.2) is 50.4 Å². The van der Waals surface area contributed by atoms with Gasteiger partial charge in [0.15, 0.2) is 5.82 Å².